The van der Waals surface area contributed by atoms with Crippen molar-refractivity contribution in [3.63, 3.8) is 0 Å². The summed E-state index contributed by atoms with van der Waals surface area (Å²) in [5, 5.41) is 0. The van der Waals surface area contributed by atoms with E-state index in [0.717, 1.165) is 4.91 Å². The minimum atomic E-state index is 1.07. The molecule has 0 heterocycles. The third kappa shape index (κ3) is 3.75. The average Bonchev–Trinajstić information content (AvgIpc) is 1.83. The van der Waals surface area contributed by atoms with E-state index in [0.29, 0.717) is 0 Å². The Morgan fingerprint density at radius 2 is 2.25 bits per heavy atom. The highest BCUT2D eigenvalue weighted by Crippen LogP contribution is 1.90. The van der Waals surface area contributed by atoms with Crippen LogP contribution in [-0.2, 0) is 12.6 Å². The summed E-state index contributed by atoms with van der Waals surface area (Å²) in [6.07, 6.45) is 7.52. The molecule has 0 aromatic rings. The first kappa shape index (κ1) is 7.57. The molecule has 0 saturated carbocycles. The van der Waals surface area contributed by atoms with E-state index in [1.54, 1.807) is 6.08 Å². The Kier molecular flexibility index (Phi) is 4.47. The second kappa shape index (κ2) is 4.72. The topological polar surface area (TPSA) is 0 Å². The zero-order chi connectivity index (χ0) is 6.41. The highest BCUT2D eigenvalue weighted by atomic mass is 32.1. The Bertz CT molecular complexity index is 120. The standard InChI is InChI=1S/C7H10S/c1-3-5-6-7(8)4-2/h3-6,8H,1H2,2H3/p+1/b6-5-,7-4+. The number of rotatable bonds is 2. The summed E-state index contributed by atoms with van der Waals surface area (Å²) in [5.41, 5.74) is 0. The van der Waals surface area contributed by atoms with Crippen LogP contribution in [0.25, 0.3) is 0 Å². The van der Waals surface area contributed by atoms with E-state index in [4.69, 9.17) is 0 Å². The van der Waals surface area contributed by atoms with Crippen LogP contribution in [0.2, 0.25) is 0 Å². The fourth-order valence-corrected chi connectivity index (χ4v) is 0.364. The van der Waals surface area contributed by atoms with Gasteiger partial charge in [-0.1, -0.05) is 18.7 Å². The molecule has 0 fully saturated rings. The van der Waals surface area contributed by atoms with Gasteiger partial charge in [-0.15, -0.1) is 0 Å². The van der Waals surface area contributed by atoms with E-state index in [1.165, 1.54) is 0 Å². The molecule has 0 aliphatic rings. The number of hydrogen-bond donors (Lipinski definition) is 0. The average molecular weight is 127 g/mol. The van der Waals surface area contributed by atoms with Crippen molar-refractivity contribution in [2.24, 2.45) is 0 Å². The van der Waals surface area contributed by atoms with Crippen molar-refractivity contribution in [3.8, 4) is 0 Å². The Morgan fingerprint density at radius 1 is 1.62 bits per heavy atom. The molecule has 1 heteroatoms. The van der Waals surface area contributed by atoms with Crippen LogP contribution in [0.4, 0.5) is 0 Å². The molecular formula is C7H11S+. The Labute approximate surface area is 56.0 Å². The molecule has 0 rings (SSSR count). The van der Waals surface area contributed by atoms with Gasteiger partial charge in [0, 0.05) is 0 Å². The molecule has 8 heavy (non-hydrogen) atoms. The van der Waals surface area contributed by atoms with Crippen molar-refractivity contribution in [2.45, 2.75) is 6.92 Å². The molecule has 0 N–H and O–H groups in total. The van der Waals surface area contributed by atoms with E-state index in [2.05, 4.69) is 19.2 Å². The zero-order valence-corrected chi connectivity index (χ0v) is 6.02. The summed E-state index contributed by atoms with van der Waals surface area (Å²) in [6, 6.07) is 0. The maximum atomic E-state index is 3.53. The van der Waals surface area contributed by atoms with Crippen LogP contribution < -0.4 is 0 Å². The maximum Gasteiger partial charge on any atom is 0.146 e. The van der Waals surface area contributed by atoms with Gasteiger partial charge in [-0.05, 0) is 31.7 Å². The molecule has 0 atom stereocenters. The summed E-state index contributed by atoms with van der Waals surface area (Å²) in [7, 11) is 0. The predicted octanol–water partition coefficient (Wildman–Crippen LogP) is 1.64. The SMILES string of the molecule is C=C/C=C\C([SH2+])=C/C. The molecule has 0 amide bonds. The van der Waals surface area contributed by atoms with Gasteiger partial charge in [0.2, 0.25) is 0 Å². The highest BCUT2D eigenvalue weighted by molar-refractivity contribution is 7.63. The Hall–Kier alpha value is -0.430. The van der Waals surface area contributed by atoms with Gasteiger partial charge in [0.25, 0.3) is 0 Å². The molecule has 0 radical (unpaired) electrons. The van der Waals surface area contributed by atoms with Crippen LogP contribution in [0.1, 0.15) is 6.92 Å². The number of allylic oxidation sites excluding steroid dienone is 4. The van der Waals surface area contributed by atoms with E-state index in [9.17, 15) is 0 Å². The first-order valence-electron chi connectivity index (χ1n) is 2.48. The van der Waals surface area contributed by atoms with Crippen LogP contribution in [-0.4, -0.2) is 0 Å². The lowest BCUT2D eigenvalue weighted by molar-refractivity contribution is 1.71. The van der Waals surface area contributed by atoms with Crippen molar-refractivity contribution in [1.29, 1.82) is 0 Å². The lowest BCUT2D eigenvalue weighted by Crippen LogP contribution is -1.62. The van der Waals surface area contributed by atoms with Crippen molar-refractivity contribution < 1.29 is 0 Å². The van der Waals surface area contributed by atoms with Gasteiger partial charge in [-0.25, -0.2) is 0 Å². The van der Waals surface area contributed by atoms with Crippen LogP contribution >= 0.6 is 0 Å². The third-order valence-electron chi connectivity index (χ3n) is 0.723. The second-order valence-electron chi connectivity index (χ2n) is 1.34. The number of hydrogen-bond acceptors (Lipinski definition) is 0. The van der Waals surface area contributed by atoms with E-state index in [1.807, 2.05) is 25.2 Å². The molecule has 0 aromatic carbocycles. The minimum absolute atomic E-state index is 1.07. The molecule has 0 aromatic heterocycles. The summed E-state index contributed by atoms with van der Waals surface area (Å²) < 4.78 is 0. The van der Waals surface area contributed by atoms with Crippen LogP contribution in [0, 0.1) is 0 Å². The molecular weight excluding hydrogens is 116 g/mol. The lowest BCUT2D eigenvalue weighted by atomic mass is 10.4. The molecule has 0 unspecified atom stereocenters. The van der Waals surface area contributed by atoms with Crippen molar-refractivity contribution >= 4 is 12.6 Å². The van der Waals surface area contributed by atoms with Crippen LogP contribution in [0.15, 0.2) is 35.8 Å². The van der Waals surface area contributed by atoms with Gasteiger partial charge in [0.15, 0.2) is 0 Å². The largest absolute Gasteiger partial charge is 0.146 e. The van der Waals surface area contributed by atoms with Crippen LogP contribution in [0.3, 0.4) is 0 Å². The van der Waals surface area contributed by atoms with Gasteiger partial charge in [0.1, 0.15) is 4.91 Å². The molecule has 0 bridgehead atoms. The third-order valence-corrected chi connectivity index (χ3v) is 1.18. The summed E-state index contributed by atoms with van der Waals surface area (Å²) in [5.74, 6) is 0. The minimum Gasteiger partial charge on any atom is -0.0991 e. The van der Waals surface area contributed by atoms with E-state index in [-0.39, 0.29) is 0 Å². The van der Waals surface area contributed by atoms with Crippen molar-refractivity contribution in [3.05, 3.63) is 35.8 Å². The first-order valence-corrected chi connectivity index (χ1v) is 2.98. The normalized spacial score (nSPS) is 12.5. The highest BCUT2D eigenvalue weighted by Gasteiger charge is 1.80. The molecule has 0 spiro atoms. The summed E-state index contributed by atoms with van der Waals surface area (Å²) in [6.45, 7) is 5.50. The van der Waals surface area contributed by atoms with Gasteiger partial charge in [-0.3, -0.25) is 0 Å². The predicted molar refractivity (Wildman–Crippen MR) is 43.2 cm³/mol. The van der Waals surface area contributed by atoms with Crippen molar-refractivity contribution in [2.75, 3.05) is 0 Å². The lowest BCUT2D eigenvalue weighted by Gasteiger charge is -1.73. The van der Waals surface area contributed by atoms with E-state index < -0.39 is 0 Å². The Morgan fingerprint density at radius 3 is 2.62 bits per heavy atom. The molecule has 44 valence electrons. The summed E-state index contributed by atoms with van der Waals surface area (Å²) >= 11 is 3.35. The molecule has 0 aliphatic heterocycles. The van der Waals surface area contributed by atoms with Crippen molar-refractivity contribution in [1.82, 2.24) is 0 Å². The summed E-state index contributed by atoms with van der Waals surface area (Å²) in [4.78, 5) is 1.07. The van der Waals surface area contributed by atoms with Gasteiger partial charge >= 0.3 is 0 Å². The molecule has 0 aliphatic carbocycles. The van der Waals surface area contributed by atoms with Gasteiger partial charge < -0.3 is 0 Å². The van der Waals surface area contributed by atoms with Crippen LogP contribution in [0.5, 0.6) is 0 Å². The van der Waals surface area contributed by atoms with E-state index >= 15 is 0 Å². The second-order valence-corrected chi connectivity index (χ2v) is 1.92. The fourth-order valence-electron chi connectivity index (χ4n) is 0.268. The molecule has 0 nitrogen and oxygen atoms in total. The monoisotopic (exact) mass is 127 g/mol. The van der Waals surface area contributed by atoms with Gasteiger partial charge in [-0.2, -0.15) is 0 Å². The molecule has 0 saturated heterocycles. The Balaban J connectivity index is 3.69. The smallest absolute Gasteiger partial charge is 0.0991 e. The maximum absolute atomic E-state index is 3.53. The quantitative estimate of drug-likeness (QED) is 0.391. The zero-order valence-electron chi connectivity index (χ0n) is 5.02. The first-order chi connectivity index (χ1) is 3.81. The fraction of sp³-hybridized carbons (Fsp3) is 0.143. The van der Waals surface area contributed by atoms with Gasteiger partial charge in [0.05, 0.1) is 0 Å².